The Labute approximate surface area is 160 Å². The molecule has 0 bridgehead atoms. The summed E-state index contributed by atoms with van der Waals surface area (Å²) in [7, 11) is 0. The third kappa shape index (κ3) is 3.29. The van der Waals surface area contributed by atoms with E-state index in [1.54, 1.807) is 30.7 Å². The second-order valence-corrected chi connectivity index (χ2v) is 6.80. The molecule has 2 aliphatic heterocycles. The summed E-state index contributed by atoms with van der Waals surface area (Å²) in [4.78, 5) is 14.0. The van der Waals surface area contributed by atoms with E-state index in [1.165, 1.54) is 12.3 Å². The second kappa shape index (κ2) is 7.05. The number of pyridine rings is 1. The van der Waals surface area contributed by atoms with E-state index >= 15 is 0 Å². The van der Waals surface area contributed by atoms with Gasteiger partial charge >= 0.3 is 0 Å². The molecule has 4 heterocycles. The molecule has 2 aromatic rings. The maximum atomic E-state index is 14.1. The summed E-state index contributed by atoms with van der Waals surface area (Å²) in [6.45, 7) is 0.662. The molecule has 0 amide bonds. The third-order valence-corrected chi connectivity index (χ3v) is 5.02. The van der Waals surface area contributed by atoms with E-state index in [0.717, 1.165) is 17.8 Å². The minimum absolute atomic E-state index is 0.330. The first-order valence-electron chi connectivity index (χ1n) is 8.51. The zero-order valence-electron chi connectivity index (χ0n) is 14.4. The van der Waals surface area contributed by atoms with Gasteiger partial charge in [-0.15, -0.1) is 0 Å². The fraction of sp³-hybridized carbons (Fsp3) is 0.222. The largest absolute Gasteiger partial charge is 0.396 e. The fourth-order valence-electron chi connectivity index (χ4n) is 3.38. The summed E-state index contributed by atoms with van der Waals surface area (Å²) in [5.41, 5.74) is 14.8. The van der Waals surface area contributed by atoms with Gasteiger partial charge in [0, 0.05) is 30.9 Å². The van der Waals surface area contributed by atoms with Crippen LogP contribution in [0.2, 0.25) is 5.02 Å². The zero-order chi connectivity index (χ0) is 19.0. The van der Waals surface area contributed by atoms with Gasteiger partial charge in [0.25, 0.3) is 0 Å². The average molecular weight is 388 g/mol. The number of aromatic amines is 1. The first kappa shape index (κ1) is 17.6. The number of hydrogen-bond acceptors (Lipinski definition) is 6. The first-order valence-corrected chi connectivity index (χ1v) is 8.89. The monoisotopic (exact) mass is 387 g/mol. The van der Waals surface area contributed by atoms with Crippen molar-refractivity contribution in [1.82, 2.24) is 20.3 Å². The Morgan fingerprint density at radius 2 is 2.26 bits per heavy atom. The van der Waals surface area contributed by atoms with Crippen molar-refractivity contribution >= 4 is 23.1 Å². The summed E-state index contributed by atoms with van der Waals surface area (Å²) in [5.74, 6) is 0.278. The van der Waals surface area contributed by atoms with Gasteiger partial charge in [0.15, 0.2) is 0 Å². The van der Waals surface area contributed by atoms with Crippen LogP contribution in [0.1, 0.15) is 17.4 Å². The van der Waals surface area contributed by atoms with Crippen LogP contribution in [0.15, 0.2) is 54.5 Å². The third-order valence-electron chi connectivity index (χ3n) is 4.69. The lowest BCUT2D eigenvalue weighted by molar-refractivity contribution is 0.513. The number of imidazole rings is 1. The molecule has 4 rings (SSSR count). The highest BCUT2D eigenvalue weighted by atomic mass is 35.5. The van der Waals surface area contributed by atoms with Gasteiger partial charge in [-0.3, -0.25) is 0 Å². The maximum Gasteiger partial charge on any atom is 0.146 e. The van der Waals surface area contributed by atoms with Crippen LogP contribution in [-0.4, -0.2) is 27.5 Å². The van der Waals surface area contributed by atoms with Gasteiger partial charge in [-0.1, -0.05) is 11.6 Å². The summed E-state index contributed by atoms with van der Waals surface area (Å²) in [6.07, 6.45) is 10.2. The van der Waals surface area contributed by atoms with Crippen LogP contribution in [0.5, 0.6) is 0 Å². The predicted molar refractivity (Wildman–Crippen MR) is 104 cm³/mol. The molecule has 0 aliphatic carbocycles. The van der Waals surface area contributed by atoms with Gasteiger partial charge in [-0.05, 0) is 18.2 Å². The van der Waals surface area contributed by atoms with Gasteiger partial charge < -0.3 is 26.7 Å². The van der Waals surface area contributed by atoms with Crippen molar-refractivity contribution in [2.75, 3.05) is 17.2 Å². The van der Waals surface area contributed by atoms with Crippen molar-refractivity contribution in [2.45, 2.75) is 18.5 Å². The van der Waals surface area contributed by atoms with Crippen molar-refractivity contribution in [1.29, 1.82) is 0 Å². The SMILES string of the molecule is Nc1cnc(N2CCc3[nH]cnc3[C@@H]2C(N)/C=C2\NC=CC=C2F)cc1Cl. The van der Waals surface area contributed by atoms with Crippen molar-refractivity contribution in [3.8, 4) is 0 Å². The zero-order valence-corrected chi connectivity index (χ0v) is 15.1. The van der Waals surface area contributed by atoms with Crippen LogP contribution >= 0.6 is 11.6 Å². The number of anilines is 2. The molecular weight excluding hydrogens is 369 g/mol. The van der Waals surface area contributed by atoms with E-state index in [2.05, 4.69) is 20.3 Å². The Bertz CT molecular complexity index is 949. The van der Waals surface area contributed by atoms with E-state index in [1.807, 2.05) is 4.90 Å². The normalized spacial score (nSPS) is 21.6. The van der Waals surface area contributed by atoms with Gasteiger partial charge in [0.1, 0.15) is 11.6 Å². The highest BCUT2D eigenvalue weighted by Gasteiger charge is 2.34. The number of H-pyrrole nitrogens is 1. The summed E-state index contributed by atoms with van der Waals surface area (Å²) in [6, 6.07) is 0.836. The number of halogens is 2. The molecule has 6 N–H and O–H groups in total. The van der Waals surface area contributed by atoms with Crippen LogP contribution in [0.3, 0.4) is 0 Å². The molecule has 1 unspecified atom stereocenters. The quantitative estimate of drug-likeness (QED) is 0.643. The average Bonchev–Trinajstić information content (AvgIpc) is 3.13. The van der Waals surface area contributed by atoms with E-state index in [4.69, 9.17) is 23.1 Å². The van der Waals surface area contributed by atoms with E-state index in [9.17, 15) is 4.39 Å². The highest BCUT2D eigenvalue weighted by Crippen LogP contribution is 2.35. The van der Waals surface area contributed by atoms with Gasteiger partial charge in [-0.2, -0.15) is 0 Å². The van der Waals surface area contributed by atoms with E-state index in [0.29, 0.717) is 28.8 Å². The molecule has 0 fully saturated rings. The molecular formula is C18H19ClFN7. The van der Waals surface area contributed by atoms with E-state index < -0.39 is 6.04 Å². The number of nitrogens with two attached hydrogens (primary N) is 2. The van der Waals surface area contributed by atoms with Crippen molar-refractivity contribution in [3.63, 3.8) is 0 Å². The molecule has 0 saturated carbocycles. The van der Waals surface area contributed by atoms with Crippen LogP contribution < -0.4 is 21.7 Å². The minimum atomic E-state index is -0.543. The second-order valence-electron chi connectivity index (χ2n) is 6.39. The number of nitrogens with one attached hydrogen (secondary N) is 2. The molecule has 0 aromatic carbocycles. The lowest BCUT2D eigenvalue weighted by atomic mass is 9.95. The standard InChI is InChI=1S/C18H19ClFN7/c19-10-6-16(24-8-13(10)22)27-5-3-14-17(26-9-25-14)18(27)12(21)7-15-11(20)2-1-4-23-15/h1-2,4,6-9,12,18,23H,3,5,21-22H2,(H,25,26)/b15-7-/t12?,18-/m0/s1. The van der Waals surface area contributed by atoms with E-state index in [-0.39, 0.29) is 11.9 Å². The van der Waals surface area contributed by atoms with Crippen LogP contribution in [0.25, 0.3) is 0 Å². The number of dihydropyridines is 1. The van der Waals surface area contributed by atoms with Crippen molar-refractivity contribution in [2.24, 2.45) is 5.73 Å². The van der Waals surface area contributed by atoms with Crippen molar-refractivity contribution < 1.29 is 4.39 Å². The molecule has 2 atom stereocenters. The molecule has 2 aromatic heterocycles. The van der Waals surface area contributed by atoms with Gasteiger partial charge in [-0.25, -0.2) is 14.4 Å². The maximum absolute atomic E-state index is 14.1. The smallest absolute Gasteiger partial charge is 0.146 e. The Balaban J connectivity index is 1.73. The number of allylic oxidation sites excluding steroid dienone is 3. The number of aromatic nitrogens is 3. The lowest BCUT2D eigenvalue weighted by Gasteiger charge is -2.38. The highest BCUT2D eigenvalue weighted by molar-refractivity contribution is 6.33. The van der Waals surface area contributed by atoms with Crippen molar-refractivity contribution in [3.05, 3.63) is 71.0 Å². The molecule has 0 spiro atoms. The predicted octanol–water partition coefficient (Wildman–Crippen LogP) is 2.33. The molecule has 0 radical (unpaired) electrons. The van der Waals surface area contributed by atoms with Crippen LogP contribution in [0.4, 0.5) is 15.9 Å². The molecule has 140 valence electrons. The Hall–Kier alpha value is -2.84. The molecule has 9 heteroatoms. The minimum Gasteiger partial charge on any atom is -0.396 e. The Morgan fingerprint density at radius 1 is 1.41 bits per heavy atom. The summed E-state index contributed by atoms with van der Waals surface area (Å²) in [5, 5.41) is 3.31. The fourth-order valence-corrected chi connectivity index (χ4v) is 3.53. The number of hydrogen-bond donors (Lipinski definition) is 4. The van der Waals surface area contributed by atoms with Crippen LogP contribution in [0, 0.1) is 0 Å². The van der Waals surface area contributed by atoms with Gasteiger partial charge in [0.05, 0.1) is 46.7 Å². The molecule has 2 aliphatic rings. The summed E-state index contributed by atoms with van der Waals surface area (Å²) < 4.78 is 14.1. The lowest BCUT2D eigenvalue weighted by Crippen LogP contribution is -2.45. The molecule has 27 heavy (non-hydrogen) atoms. The number of nitrogens with zero attached hydrogens (tertiary/aromatic N) is 3. The molecule has 7 nitrogen and oxygen atoms in total. The number of nitrogen functional groups attached to an aromatic ring is 1. The molecule has 0 saturated heterocycles. The number of rotatable bonds is 3. The summed E-state index contributed by atoms with van der Waals surface area (Å²) >= 11 is 6.18. The Morgan fingerprint density at radius 3 is 3.04 bits per heavy atom. The number of fused-ring (bicyclic) bond motifs is 1. The first-order chi connectivity index (χ1) is 13.0. The Kier molecular flexibility index (Phi) is 4.59. The van der Waals surface area contributed by atoms with Crippen LogP contribution in [-0.2, 0) is 6.42 Å². The van der Waals surface area contributed by atoms with Gasteiger partial charge in [0.2, 0.25) is 0 Å². The topological polar surface area (TPSA) is 109 Å².